The molecule has 28 heavy (non-hydrogen) atoms. The van der Waals surface area contributed by atoms with Crippen LogP contribution >= 0.6 is 22.6 Å². The summed E-state index contributed by atoms with van der Waals surface area (Å²) in [5, 5.41) is 0.849. The van der Waals surface area contributed by atoms with Crippen LogP contribution < -0.4 is 4.74 Å². The van der Waals surface area contributed by atoms with Crippen LogP contribution in [0.25, 0.3) is 10.9 Å². The number of hydrogen-bond acceptors (Lipinski definition) is 3. The summed E-state index contributed by atoms with van der Waals surface area (Å²) in [6.07, 6.45) is 1.59. The van der Waals surface area contributed by atoms with Gasteiger partial charge in [0, 0.05) is 15.2 Å². The number of nitrogens with zero attached hydrogens (tertiary/aromatic N) is 1. The second-order valence-electron chi connectivity index (χ2n) is 6.51. The van der Waals surface area contributed by atoms with Gasteiger partial charge in [-0.2, -0.15) is 0 Å². The quantitative estimate of drug-likeness (QED) is 0.344. The summed E-state index contributed by atoms with van der Waals surface area (Å²) in [4.78, 5) is 0.253. The van der Waals surface area contributed by atoms with E-state index in [4.69, 9.17) is 4.74 Å². The molecule has 0 spiro atoms. The highest BCUT2D eigenvalue weighted by Crippen LogP contribution is 2.33. The minimum Gasteiger partial charge on any atom is -0.487 e. The van der Waals surface area contributed by atoms with E-state index in [0.29, 0.717) is 17.9 Å². The molecular weight excluding hydrogens is 485 g/mol. The summed E-state index contributed by atoms with van der Waals surface area (Å²) in [6.45, 7) is 2.30. The number of hydrogen-bond donors (Lipinski definition) is 0. The number of fused-ring (bicyclic) bond motifs is 1. The van der Waals surface area contributed by atoms with Gasteiger partial charge in [-0.15, -0.1) is 0 Å². The largest absolute Gasteiger partial charge is 0.487 e. The number of rotatable bonds is 5. The van der Waals surface area contributed by atoms with E-state index in [1.165, 1.54) is 3.97 Å². The summed E-state index contributed by atoms with van der Waals surface area (Å²) in [5.41, 5.74) is 2.59. The summed E-state index contributed by atoms with van der Waals surface area (Å²) < 4.78 is 34.8. The summed E-state index contributed by atoms with van der Waals surface area (Å²) >= 11 is 2.21. The van der Waals surface area contributed by atoms with Gasteiger partial charge in [0.05, 0.1) is 4.90 Å². The lowest BCUT2D eigenvalue weighted by atomic mass is 10.2. The summed E-state index contributed by atoms with van der Waals surface area (Å²) in [7, 11) is -3.73. The molecule has 4 rings (SSSR count). The molecule has 0 amide bonds. The third kappa shape index (κ3) is 3.54. The average Bonchev–Trinajstić information content (AvgIpc) is 3.16. The van der Waals surface area contributed by atoms with Crippen molar-refractivity contribution < 1.29 is 13.2 Å². The zero-order valence-electron chi connectivity index (χ0n) is 15.2. The van der Waals surface area contributed by atoms with Crippen LogP contribution in [-0.4, -0.2) is 12.4 Å². The molecule has 0 unspecified atom stereocenters. The number of benzene rings is 3. The van der Waals surface area contributed by atoms with Crippen molar-refractivity contribution in [3.05, 3.63) is 93.7 Å². The highest BCUT2D eigenvalue weighted by Gasteiger charge is 2.22. The predicted molar refractivity (Wildman–Crippen MR) is 119 cm³/mol. The molecule has 0 radical (unpaired) electrons. The fraction of sp³-hybridized carbons (Fsp3) is 0.0909. The Kier molecular flexibility index (Phi) is 5.16. The van der Waals surface area contributed by atoms with Gasteiger partial charge in [0.2, 0.25) is 0 Å². The monoisotopic (exact) mass is 503 g/mol. The minimum atomic E-state index is -3.73. The molecule has 1 heterocycles. The zero-order valence-corrected chi connectivity index (χ0v) is 18.1. The number of aryl methyl sites for hydroxylation is 1. The molecule has 4 nitrogen and oxygen atoms in total. The molecule has 0 fully saturated rings. The lowest BCUT2D eigenvalue weighted by Gasteiger charge is -2.13. The zero-order chi connectivity index (χ0) is 19.7. The van der Waals surface area contributed by atoms with Crippen molar-refractivity contribution in [3.8, 4) is 5.75 Å². The van der Waals surface area contributed by atoms with Crippen LogP contribution in [-0.2, 0) is 16.6 Å². The van der Waals surface area contributed by atoms with Crippen molar-refractivity contribution in [1.82, 2.24) is 3.97 Å². The molecule has 1 aromatic heterocycles. The standard InChI is InChI=1S/C22H18INO3S/c1-16-7-9-18(10-8-16)28(25,26)24-14-13-19-20(23)11-12-21(22(19)24)27-15-17-5-3-2-4-6-17/h2-14H,15H2,1H3. The fourth-order valence-electron chi connectivity index (χ4n) is 3.04. The topological polar surface area (TPSA) is 48.3 Å². The van der Waals surface area contributed by atoms with Gasteiger partial charge in [-0.3, -0.25) is 0 Å². The van der Waals surface area contributed by atoms with Crippen LogP contribution in [0, 0.1) is 10.5 Å². The van der Waals surface area contributed by atoms with Gasteiger partial charge in [0.15, 0.2) is 0 Å². The fourth-order valence-corrected chi connectivity index (χ4v) is 5.01. The van der Waals surface area contributed by atoms with Gasteiger partial charge in [0.25, 0.3) is 10.0 Å². The van der Waals surface area contributed by atoms with E-state index in [2.05, 4.69) is 22.6 Å². The molecule has 0 aliphatic carbocycles. The van der Waals surface area contributed by atoms with Gasteiger partial charge in [0.1, 0.15) is 17.9 Å². The molecule has 0 atom stereocenters. The van der Waals surface area contributed by atoms with Crippen molar-refractivity contribution >= 4 is 43.5 Å². The van der Waals surface area contributed by atoms with Crippen LogP contribution in [0.15, 0.2) is 83.9 Å². The smallest absolute Gasteiger partial charge is 0.268 e. The highest BCUT2D eigenvalue weighted by atomic mass is 127. The van der Waals surface area contributed by atoms with Gasteiger partial charge < -0.3 is 4.74 Å². The lowest BCUT2D eigenvalue weighted by Crippen LogP contribution is -2.12. The lowest BCUT2D eigenvalue weighted by molar-refractivity contribution is 0.309. The van der Waals surface area contributed by atoms with E-state index in [9.17, 15) is 8.42 Å². The maximum Gasteiger partial charge on any atom is 0.268 e. The minimum absolute atomic E-state index is 0.253. The number of ether oxygens (including phenoxy) is 1. The number of halogens is 1. The number of aromatic nitrogens is 1. The molecule has 0 saturated heterocycles. The Hall–Kier alpha value is -2.32. The second kappa shape index (κ2) is 7.60. The van der Waals surface area contributed by atoms with Crippen LogP contribution in [0.1, 0.15) is 11.1 Å². The van der Waals surface area contributed by atoms with E-state index in [1.54, 1.807) is 30.5 Å². The first-order valence-electron chi connectivity index (χ1n) is 8.75. The maximum atomic E-state index is 13.3. The molecular formula is C22H18INO3S. The normalized spacial score (nSPS) is 11.6. The molecule has 0 N–H and O–H groups in total. The van der Waals surface area contributed by atoms with Gasteiger partial charge in [-0.05, 0) is 65.4 Å². The Morgan fingerprint density at radius 1 is 0.929 bits per heavy atom. The van der Waals surface area contributed by atoms with Crippen molar-refractivity contribution in [3.63, 3.8) is 0 Å². The molecule has 142 valence electrons. The summed E-state index contributed by atoms with van der Waals surface area (Å²) in [5.74, 6) is 0.542. The van der Waals surface area contributed by atoms with Crippen LogP contribution in [0.2, 0.25) is 0 Å². The first-order valence-corrected chi connectivity index (χ1v) is 11.3. The van der Waals surface area contributed by atoms with Crippen LogP contribution in [0.3, 0.4) is 0 Å². The Bertz CT molecular complexity index is 1230. The summed E-state index contributed by atoms with van der Waals surface area (Å²) in [6, 6.07) is 22.3. The van der Waals surface area contributed by atoms with Gasteiger partial charge in [-0.25, -0.2) is 12.4 Å². The maximum absolute atomic E-state index is 13.3. The van der Waals surface area contributed by atoms with Crippen molar-refractivity contribution in [2.24, 2.45) is 0 Å². The van der Waals surface area contributed by atoms with E-state index in [1.807, 2.05) is 55.5 Å². The SMILES string of the molecule is Cc1ccc(S(=O)(=O)n2ccc3c(I)ccc(OCc4ccccc4)c32)cc1. The Balaban J connectivity index is 1.81. The molecule has 3 aromatic carbocycles. The van der Waals surface area contributed by atoms with Crippen LogP contribution in [0.5, 0.6) is 5.75 Å². The predicted octanol–water partition coefficient (Wildman–Crippen LogP) is 5.37. The van der Waals surface area contributed by atoms with Crippen molar-refractivity contribution in [1.29, 1.82) is 0 Å². The Morgan fingerprint density at radius 3 is 2.36 bits per heavy atom. The highest BCUT2D eigenvalue weighted by molar-refractivity contribution is 14.1. The van der Waals surface area contributed by atoms with E-state index < -0.39 is 10.0 Å². The van der Waals surface area contributed by atoms with Gasteiger partial charge in [-0.1, -0.05) is 48.0 Å². The third-order valence-electron chi connectivity index (χ3n) is 4.54. The van der Waals surface area contributed by atoms with E-state index in [-0.39, 0.29) is 4.90 Å². The van der Waals surface area contributed by atoms with E-state index >= 15 is 0 Å². The molecule has 0 aliphatic rings. The Morgan fingerprint density at radius 2 is 1.64 bits per heavy atom. The molecule has 0 aliphatic heterocycles. The van der Waals surface area contributed by atoms with Crippen molar-refractivity contribution in [2.45, 2.75) is 18.4 Å². The molecule has 6 heteroatoms. The van der Waals surface area contributed by atoms with Crippen LogP contribution in [0.4, 0.5) is 0 Å². The first-order chi connectivity index (χ1) is 13.5. The average molecular weight is 503 g/mol. The van der Waals surface area contributed by atoms with Gasteiger partial charge >= 0.3 is 0 Å². The molecule has 0 saturated carbocycles. The second-order valence-corrected chi connectivity index (χ2v) is 9.49. The third-order valence-corrected chi connectivity index (χ3v) is 7.17. The Labute approximate surface area is 178 Å². The molecule has 4 aromatic rings. The van der Waals surface area contributed by atoms with E-state index in [0.717, 1.165) is 20.1 Å². The van der Waals surface area contributed by atoms with Crippen molar-refractivity contribution in [2.75, 3.05) is 0 Å². The molecule has 0 bridgehead atoms. The first kappa shape index (κ1) is 19.0.